The van der Waals surface area contributed by atoms with Crippen LogP contribution in [-0.4, -0.2) is 9.91 Å². The molecule has 0 spiro atoms. The van der Waals surface area contributed by atoms with Crippen molar-refractivity contribution in [1.82, 2.24) is 4.98 Å². The molecule has 0 saturated carbocycles. The van der Waals surface area contributed by atoms with Gasteiger partial charge in [0.05, 0.1) is 15.1 Å². The smallest absolute Gasteiger partial charge is 0.258 e. The molecule has 104 valence electrons. The van der Waals surface area contributed by atoms with Crippen molar-refractivity contribution >= 4 is 55.3 Å². The van der Waals surface area contributed by atoms with E-state index in [1.165, 1.54) is 23.5 Å². The summed E-state index contributed by atoms with van der Waals surface area (Å²) in [7, 11) is 0. The third-order valence-electron chi connectivity index (χ3n) is 2.87. The van der Waals surface area contributed by atoms with Crippen LogP contribution >= 0.6 is 27.3 Å². The van der Waals surface area contributed by atoms with Gasteiger partial charge >= 0.3 is 0 Å². The van der Waals surface area contributed by atoms with Gasteiger partial charge < -0.3 is 0 Å². The van der Waals surface area contributed by atoms with E-state index in [0.717, 1.165) is 19.7 Å². The van der Waals surface area contributed by atoms with E-state index in [1.54, 1.807) is 6.07 Å². The monoisotopic (exact) mass is 360 g/mol. The Morgan fingerprint density at radius 1 is 1.19 bits per heavy atom. The number of thiazole rings is 1. The first-order valence-corrected chi connectivity index (χ1v) is 7.71. The maximum atomic E-state index is 10.8. The topological polar surface area (TPSA) is 56.0 Å². The third kappa shape index (κ3) is 3.17. The van der Waals surface area contributed by atoms with Gasteiger partial charge in [-0.2, -0.15) is 0 Å². The molecule has 0 bridgehead atoms. The minimum atomic E-state index is -0.407. The summed E-state index contributed by atoms with van der Waals surface area (Å²) < 4.78 is 1.96. The summed E-state index contributed by atoms with van der Waals surface area (Å²) in [6, 6.07) is 12.7. The fourth-order valence-electron chi connectivity index (χ4n) is 1.90. The van der Waals surface area contributed by atoms with Crippen molar-refractivity contribution in [2.45, 2.75) is 0 Å². The Morgan fingerprint density at radius 2 is 2.05 bits per heavy atom. The molecule has 0 aliphatic carbocycles. The lowest BCUT2D eigenvalue weighted by atomic mass is 10.2. The van der Waals surface area contributed by atoms with Gasteiger partial charge in [0.2, 0.25) is 0 Å². The molecule has 6 heteroatoms. The zero-order valence-corrected chi connectivity index (χ0v) is 13.1. The van der Waals surface area contributed by atoms with Crippen LogP contribution in [0, 0.1) is 10.1 Å². The number of non-ortho nitro benzene ring substituents is 1. The summed E-state index contributed by atoms with van der Waals surface area (Å²) in [5.74, 6) is 0. The van der Waals surface area contributed by atoms with Gasteiger partial charge in [-0.15, -0.1) is 11.3 Å². The summed E-state index contributed by atoms with van der Waals surface area (Å²) in [5, 5.41) is 11.6. The van der Waals surface area contributed by atoms with E-state index in [4.69, 9.17) is 0 Å². The summed E-state index contributed by atoms with van der Waals surface area (Å²) in [4.78, 5) is 14.8. The highest BCUT2D eigenvalue weighted by atomic mass is 79.9. The number of halogens is 1. The first kappa shape index (κ1) is 13.9. The highest BCUT2D eigenvalue weighted by Gasteiger charge is 2.09. The standard InChI is InChI=1S/C15H9BrN2O2S/c16-11-3-1-2-10(8-11)4-7-15-17-13-9-12(18(19)20)5-6-14(13)21-15/h1-9H. The number of aromatic nitrogens is 1. The quantitative estimate of drug-likeness (QED) is 0.480. The van der Waals surface area contributed by atoms with Crippen molar-refractivity contribution in [1.29, 1.82) is 0 Å². The number of nitrogens with zero attached hydrogens (tertiary/aromatic N) is 2. The van der Waals surface area contributed by atoms with E-state index in [1.807, 2.05) is 36.4 Å². The van der Waals surface area contributed by atoms with Crippen LogP contribution < -0.4 is 0 Å². The zero-order chi connectivity index (χ0) is 14.8. The molecule has 0 amide bonds. The van der Waals surface area contributed by atoms with E-state index in [0.29, 0.717) is 5.52 Å². The molecule has 0 atom stereocenters. The van der Waals surface area contributed by atoms with Crippen LogP contribution in [-0.2, 0) is 0 Å². The number of nitro groups is 1. The summed E-state index contributed by atoms with van der Waals surface area (Å²) in [6.07, 6.45) is 3.88. The Morgan fingerprint density at radius 3 is 2.81 bits per heavy atom. The lowest BCUT2D eigenvalue weighted by Crippen LogP contribution is -1.86. The van der Waals surface area contributed by atoms with Gasteiger partial charge in [0.15, 0.2) is 0 Å². The third-order valence-corrected chi connectivity index (χ3v) is 4.36. The van der Waals surface area contributed by atoms with Gasteiger partial charge in [0.1, 0.15) is 5.01 Å². The second-order valence-electron chi connectivity index (χ2n) is 4.35. The second kappa shape index (κ2) is 5.75. The Labute approximate surface area is 133 Å². The van der Waals surface area contributed by atoms with Gasteiger partial charge in [-0.3, -0.25) is 10.1 Å². The number of fused-ring (bicyclic) bond motifs is 1. The van der Waals surface area contributed by atoms with Crippen molar-refractivity contribution in [2.75, 3.05) is 0 Å². The second-order valence-corrected chi connectivity index (χ2v) is 6.33. The lowest BCUT2D eigenvalue weighted by molar-refractivity contribution is -0.384. The molecular weight excluding hydrogens is 352 g/mol. The number of hydrogen-bond acceptors (Lipinski definition) is 4. The molecule has 3 aromatic rings. The molecule has 2 aromatic carbocycles. The molecule has 0 saturated heterocycles. The van der Waals surface area contributed by atoms with E-state index < -0.39 is 4.92 Å². The SMILES string of the molecule is O=[N+]([O-])c1ccc2sc(C=Cc3cccc(Br)c3)nc2c1. The number of benzene rings is 2. The summed E-state index contributed by atoms with van der Waals surface area (Å²) >= 11 is 4.94. The van der Waals surface area contributed by atoms with Crippen LogP contribution in [0.25, 0.3) is 22.4 Å². The average molecular weight is 361 g/mol. The predicted octanol–water partition coefficient (Wildman–Crippen LogP) is 5.14. The van der Waals surface area contributed by atoms with Gasteiger partial charge in [-0.1, -0.05) is 34.1 Å². The van der Waals surface area contributed by atoms with Crippen molar-refractivity contribution in [2.24, 2.45) is 0 Å². The average Bonchev–Trinajstić information content (AvgIpc) is 2.87. The van der Waals surface area contributed by atoms with Gasteiger partial charge in [-0.05, 0) is 29.8 Å². The first-order chi connectivity index (χ1) is 10.1. The van der Waals surface area contributed by atoms with Crippen molar-refractivity contribution in [3.05, 3.63) is 67.6 Å². The number of hydrogen-bond donors (Lipinski definition) is 0. The molecule has 0 aliphatic heterocycles. The highest BCUT2D eigenvalue weighted by molar-refractivity contribution is 9.10. The molecule has 3 rings (SSSR count). The Hall–Kier alpha value is -2.05. The van der Waals surface area contributed by atoms with Crippen LogP contribution in [0.2, 0.25) is 0 Å². The van der Waals surface area contributed by atoms with Crippen LogP contribution in [0.5, 0.6) is 0 Å². The first-order valence-electron chi connectivity index (χ1n) is 6.10. The predicted molar refractivity (Wildman–Crippen MR) is 89.3 cm³/mol. The number of rotatable bonds is 3. The largest absolute Gasteiger partial charge is 0.271 e. The van der Waals surface area contributed by atoms with Crippen LogP contribution in [0.3, 0.4) is 0 Å². The minimum Gasteiger partial charge on any atom is -0.258 e. The van der Waals surface area contributed by atoms with Gasteiger partial charge in [0.25, 0.3) is 5.69 Å². The molecular formula is C15H9BrN2O2S. The van der Waals surface area contributed by atoms with Crippen molar-refractivity contribution in [3.8, 4) is 0 Å². The van der Waals surface area contributed by atoms with Crippen LogP contribution in [0.1, 0.15) is 10.6 Å². The molecule has 0 unspecified atom stereocenters. The molecule has 0 radical (unpaired) electrons. The van der Waals surface area contributed by atoms with Crippen molar-refractivity contribution in [3.63, 3.8) is 0 Å². The normalized spacial score (nSPS) is 11.3. The summed E-state index contributed by atoms with van der Waals surface area (Å²) in [6.45, 7) is 0. The molecule has 0 aliphatic rings. The van der Waals surface area contributed by atoms with Gasteiger partial charge in [-0.25, -0.2) is 4.98 Å². The zero-order valence-electron chi connectivity index (χ0n) is 10.7. The van der Waals surface area contributed by atoms with Crippen LogP contribution in [0.4, 0.5) is 5.69 Å². The minimum absolute atomic E-state index is 0.0651. The molecule has 21 heavy (non-hydrogen) atoms. The molecule has 0 fully saturated rings. The van der Waals surface area contributed by atoms with Crippen LogP contribution in [0.15, 0.2) is 46.9 Å². The number of nitro benzene ring substituents is 1. The maximum absolute atomic E-state index is 10.8. The maximum Gasteiger partial charge on any atom is 0.271 e. The Bertz CT molecular complexity index is 858. The summed E-state index contributed by atoms with van der Waals surface area (Å²) in [5.41, 5.74) is 1.79. The van der Waals surface area contributed by atoms with E-state index >= 15 is 0 Å². The fraction of sp³-hybridized carbons (Fsp3) is 0. The Balaban J connectivity index is 1.92. The lowest BCUT2D eigenvalue weighted by Gasteiger charge is -1.93. The molecule has 4 nitrogen and oxygen atoms in total. The molecule has 1 heterocycles. The molecule has 1 aromatic heterocycles. The van der Waals surface area contributed by atoms with E-state index in [-0.39, 0.29) is 5.69 Å². The highest BCUT2D eigenvalue weighted by Crippen LogP contribution is 2.27. The fourth-order valence-corrected chi connectivity index (χ4v) is 3.16. The van der Waals surface area contributed by atoms with E-state index in [9.17, 15) is 10.1 Å². The van der Waals surface area contributed by atoms with Gasteiger partial charge in [0, 0.05) is 16.6 Å². The molecule has 0 N–H and O–H groups in total. The van der Waals surface area contributed by atoms with E-state index in [2.05, 4.69) is 20.9 Å². The Kier molecular flexibility index (Phi) is 3.81. The van der Waals surface area contributed by atoms with Crippen molar-refractivity contribution < 1.29 is 4.92 Å².